The molecule has 0 unspecified atom stereocenters. The second-order valence-corrected chi connectivity index (χ2v) is 5.48. The summed E-state index contributed by atoms with van der Waals surface area (Å²) in [4.78, 5) is 21.3. The van der Waals surface area contributed by atoms with E-state index in [1.54, 1.807) is 6.07 Å². The summed E-state index contributed by atoms with van der Waals surface area (Å²) in [6.07, 6.45) is 0.920. The monoisotopic (exact) mass is 295 g/mol. The van der Waals surface area contributed by atoms with E-state index in [9.17, 15) is 4.79 Å². The zero-order valence-electron chi connectivity index (χ0n) is 12.6. The number of carboxylic acids is 1. The Morgan fingerprint density at radius 2 is 2.19 bits per heavy atom. The Morgan fingerprint density at radius 3 is 2.81 bits per heavy atom. The molecule has 0 spiro atoms. The summed E-state index contributed by atoms with van der Waals surface area (Å²) < 4.78 is 10.9. The molecule has 116 valence electrons. The van der Waals surface area contributed by atoms with E-state index >= 15 is 0 Å². The van der Waals surface area contributed by atoms with Crippen molar-refractivity contribution >= 4 is 11.9 Å². The highest BCUT2D eigenvalue weighted by molar-refractivity contribution is 5.68. The summed E-state index contributed by atoms with van der Waals surface area (Å²) in [6.45, 7) is 7.28. The maximum atomic E-state index is 10.5. The molecule has 1 fully saturated rings. The Kier molecular flexibility index (Phi) is 4.62. The van der Waals surface area contributed by atoms with Crippen molar-refractivity contribution < 1.29 is 19.4 Å². The number of aromatic nitrogens is 2. The molecule has 0 amide bonds. The highest BCUT2D eigenvalue weighted by Crippen LogP contribution is 2.29. The topological polar surface area (TPSA) is 84.8 Å². The van der Waals surface area contributed by atoms with E-state index in [4.69, 9.17) is 14.6 Å². The van der Waals surface area contributed by atoms with Crippen molar-refractivity contribution in [2.24, 2.45) is 0 Å². The molecule has 1 aliphatic rings. The standard InChI is InChI=1S/C14H21N3O4/c1-4-5-20-11-6-10(2)15-13(16-11)17-8-14(3,9-17)21-7-12(18)19/h6H,4-5,7-9H2,1-3H3,(H,18,19). The molecule has 0 saturated carbocycles. The van der Waals surface area contributed by atoms with Crippen molar-refractivity contribution in [1.29, 1.82) is 0 Å². The summed E-state index contributed by atoms with van der Waals surface area (Å²) in [7, 11) is 0. The number of aliphatic carboxylic acids is 1. The van der Waals surface area contributed by atoms with E-state index < -0.39 is 11.6 Å². The van der Waals surface area contributed by atoms with Crippen LogP contribution in [0.5, 0.6) is 5.88 Å². The summed E-state index contributed by atoms with van der Waals surface area (Å²) >= 11 is 0. The molecule has 0 aromatic carbocycles. The van der Waals surface area contributed by atoms with Gasteiger partial charge in [-0.3, -0.25) is 0 Å². The van der Waals surface area contributed by atoms with Crippen LogP contribution < -0.4 is 9.64 Å². The number of carboxylic acid groups (broad SMARTS) is 1. The zero-order chi connectivity index (χ0) is 15.5. The fourth-order valence-electron chi connectivity index (χ4n) is 2.18. The number of hydrogen-bond donors (Lipinski definition) is 1. The number of rotatable bonds is 7. The van der Waals surface area contributed by atoms with E-state index in [-0.39, 0.29) is 6.61 Å². The number of hydrogen-bond acceptors (Lipinski definition) is 6. The molecule has 1 saturated heterocycles. The van der Waals surface area contributed by atoms with Gasteiger partial charge in [0.15, 0.2) is 0 Å². The Morgan fingerprint density at radius 1 is 1.48 bits per heavy atom. The fourth-order valence-corrected chi connectivity index (χ4v) is 2.18. The van der Waals surface area contributed by atoms with Crippen molar-refractivity contribution in [3.05, 3.63) is 11.8 Å². The van der Waals surface area contributed by atoms with Gasteiger partial charge in [-0.05, 0) is 20.3 Å². The second kappa shape index (κ2) is 6.26. The van der Waals surface area contributed by atoms with Crippen LogP contribution in [0.4, 0.5) is 5.95 Å². The van der Waals surface area contributed by atoms with Gasteiger partial charge in [0, 0.05) is 11.8 Å². The average molecular weight is 295 g/mol. The van der Waals surface area contributed by atoms with Crippen LogP contribution >= 0.6 is 0 Å². The first-order valence-corrected chi connectivity index (χ1v) is 7.01. The number of nitrogens with zero attached hydrogens (tertiary/aromatic N) is 3. The molecule has 21 heavy (non-hydrogen) atoms. The third kappa shape index (κ3) is 4.04. The van der Waals surface area contributed by atoms with Crippen molar-refractivity contribution in [2.45, 2.75) is 32.8 Å². The largest absolute Gasteiger partial charge is 0.480 e. The van der Waals surface area contributed by atoms with Crippen molar-refractivity contribution in [1.82, 2.24) is 9.97 Å². The van der Waals surface area contributed by atoms with Gasteiger partial charge in [0.25, 0.3) is 0 Å². The van der Waals surface area contributed by atoms with E-state index in [2.05, 4.69) is 9.97 Å². The lowest BCUT2D eigenvalue weighted by Crippen LogP contribution is -2.62. The van der Waals surface area contributed by atoms with Crippen LogP contribution in [0.2, 0.25) is 0 Å². The Labute approximate surface area is 123 Å². The maximum absolute atomic E-state index is 10.5. The number of aryl methyl sites for hydroxylation is 1. The lowest BCUT2D eigenvalue weighted by molar-refractivity contribution is -0.150. The number of anilines is 1. The molecule has 2 heterocycles. The van der Waals surface area contributed by atoms with E-state index in [0.29, 0.717) is 31.5 Å². The third-order valence-corrected chi connectivity index (χ3v) is 3.15. The van der Waals surface area contributed by atoms with Crippen LogP contribution in [0.1, 0.15) is 26.0 Å². The average Bonchev–Trinajstić information content (AvgIpc) is 2.39. The van der Waals surface area contributed by atoms with Gasteiger partial charge in [0.2, 0.25) is 11.8 Å². The molecule has 1 aliphatic heterocycles. The minimum Gasteiger partial charge on any atom is -0.480 e. The highest BCUT2D eigenvalue weighted by Gasteiger charge is 2.41. The Bertz CT molecular complexity index is 515. The van der Waals surface area contributed by atoms with Crippen molar-refractivity contribution in [2.75, 3.05) is 31.2 Å². The molecule has 0 radical (unpaired) electrons. The molecule has 7 nitrogen and oxygen atoms in total. The maximum Gasteiger partial charge on any atom is 0.329 e. The van der Waals surface area contributed by atoms with Crippen LogP contribution in [-0.2, 0) is 9.53 Å². The third-order valence-electron chi connectivity index (χ3n) is 3.15. The van der Waals surface area contributed by atoms with Crippen LogP contribution in [0, 0.1) is 6.92 Å². The minimum atomic E-state index is -0.961. The zero-order valence-corrected chi connectivity index (χ0v) is 12.6. The molecule has 1 aromatic rings. The fraction of sp³-hybridized carbons (Fsp3) is 0.643. The minimum absolute atomic E-state index is 0.288. The van der Waals surface area contributed by atoms with Crippen LogP contribution in [0.3, 0.4) is 0 Å². The predicted molar refractivity (Wildman–Crippen MR) is 76.8 cm³/mol. The second-order valence-electron chi connectivity index (χ2n) is 5.48. The summed E-state index contributed by atoms with van der Waals surface area (Å²) in [5.41, 5.74) is 0.377. The molecular formula is C14H21N3O4. The van der Waals surface area contributed by atoms with E-state index in [1.807, 2.05) is 25.7 Å². The van der Waals surface area contributed by atoms with Gasteiger partial charge in [0.05, 0.1) is 19.7 Å². The van der Waals surface area contributed by atoms with Crippen LogP contribution in [-0.4, -0.2) is 52.9 Å². The normalized spacial score (nSPS) is 16.4. The number of ether oxygens (including phenoxy) is 2. The molecular weight excluding hydrogens is 274 g/mol. The molecule has 0 aliphatic carbocycles. The van der Waals surface area contributed by atoms with Crippen molar-refractivity contribution in [3.63, 3.8) is 0 Å². The molecule has 2 rings (SSSR count). The number of carbonyl (C=O) groups is 1. The van der Waals surface area contributed by atoms with E-state index in [0.717, 1.165) is 12.1 Å². The molecule has 0 atom stereocenters. The van der Waals surface area contributed by atoms with Gasteiger partial charge >= 0.3 is 5.97 Å². The van der Waals surface area contributed by atoms with Crippen molar-refractivity contribution in [3.8, 4) is 5.88 Å². The predicted octanol–water partition coefficient (Wildman–Crippen LogP) is 1.25. The molecule has 7 heteroatoms. The van der Waals surface area contributed by atoms with Gasteiger partial charge in [-0.25, -0.2) is 9.78 Å². The van der Waals surface area contributed by atoms with Gasteiger partial charge in [-0.2, -0.15) is 4.98 Å². The Balaban J connectivity index is 1.97. The lowest BCUT2D eigenvalue weighted by atomic mass is 9.97. The summed E-state index contributed by atoms with van der Waals surface area (Å²) in [5, 5.41) is 8.65. The molecule has 1 N–H and O–H groups in total. The highest BCUT2D eigenvalue weighted by atomic mass is 16.5. The first-order valence-electron chi connectivity index (χ1n) is 7.01. The summed E-state index contributed by atoms with van der Waals surface area (Å²) in [6, 6.07) is 1.80. The molecule has 0 bridgehead atoms. The van der Waals surface area contributed by atoms with Crippen LogP contribution in [0.25, 0.3) is 0 Å². The van der Waals surface area contributed by atoms with Crippen LogP contribution in [0.15, 0.2) is 6.07 Å². The lowest BCUT2D eigenvalue weighted by Gasteiger charge is -2.47. The van der Waals surface area contributed by atoms with Gasteiger partial charge < -0.3 is 19.5 Å². The van der Waals surface area contributed by atoms with E-state index in [1.165, 1.54) is 0 Å². The smallest absolute Gasteiger partial charge is 0.329 e. The van der Waals surface area contributed by atoms with Gasteiger partial charge in [-0.1, -0.05) is 6.92 Å². The summed E-state index contributed by atoms with van der Waals surface area (Å²) in [5.74, 6) is 0.202. The molecule has 1 aromatic heterocycles. The first kappa shape index (κ1) is 15.5. The quantitative estimate of drug-likeness (QED) is 0.810. The van der Waals surface area contributed by atoms with Gasteiger partial charge in [-0.15, -0.1) is 0 Å². The Hall–Kier alpha value is -1.89. The SMILES string of the molecule is CCCOc1cc(C)nc(N2CC(C)(OCC(=O)O)C2)n1. The van der Waals surface area contributed by atoms with Gasteiger partial charge in [0.1, 0.15) is 12.2 Å². The first-order chi connectivity index (χ1) is 9.92.